The molecule has 0 aliphatic carbocycles. The molecular formula is C20H17ClFN3O. The van der Waals surface area contributed by atoms with Crippen LogP contribution in [-0.4, -0.2) is 10.9 Å². The van der Waals surface area contributed by atoms with Crippen LogP contribution in [0, 0.1) is 5.82 Å². The average molecular weight is 370 g/mol. The lowest BCUT2D eigenvalue weighted by molar-refractivity contribution is 0.0950. The van der Waals surface area contributed by atoms with Gasteiger partial charge < -0.3 is 10.6 Å². The summed E-state index contributed by atoms with van der Waals surface area (Å²) < 4.78 is 12.9. The summed E-state index contributed by atoms with van der Waals surface area (Å²) in [5.41, 5.74) is 2.25. The Balaban J connectivity index is 1.54. The van der Waals surface area contributed by atoms with E-state index in [0.29, 0.717) is 29.5 Å². The predicted molar refractivity (Wildman–Crippen MR) is 101 cm³/mol. The Hall–Kier alpha value is -2.92. The second-order valence-corrected chi connectivity index (χ2v) is 6.09. The molecule has 1 heterocycles. The zero-order valence-electron chi connectivity index (χ0n) is 13.9. The molecule has 3 aromatic rings. The first-order chi connectivity index (χ1) is 12.6. The maximum absolute atomic E-state index is 12.9. The van der Waals surface area contributed by atoms with Crippen molar-refractivity contribution in [3.8, 4) is 0 Å². The topological polar surface area (TPSA) is 54.0 Å². The van der Waals surface area contributed by atoms with Gasteiger partial charge in [-0.25, -0.2) is 9.37 Å². The standard InChI is InChI=1S/C20H17ClFN3O/c21-18-4-2-1-3-15(18)12-23-19-10-7-16(13-24-19)20(26)25-11-14-5-8-17(22)9-6-14/h1-10,13H,11-12H2,(H,23,24)(H,25,26). The number of carbonyl (C=O) groups is 1. The van der Waals surface area contributed by atoms with E-state index in [1.54, 1.807) is 24.3 Å². The molecule has 6 heteroatoms. The fraction of sp³-hybridized carbons (Fsp3) is 0.100. The first-order valence-corrected chi connectivity index (χ1v) is 8.45. The minimum absolute atomic E-state index is 0.237. The monoisotopic (exact) mass is 369 g/mol. The number of hydrogen-bond donors (Lipinski definition) is 2. The quantitative estimate of drug-likeness (QED) is 0.676. The summed E-state index contributed by atoms with van der Waals surface area (Å²) in [6.45, 7) is 0.869. The molecule has 3 rings (SSSR count). The predicted octanol–water partition coefficient (Wildman–Crippen LogP) is 4.42. The van der Waals surface area contributed by atoms with Crippen LogP contribution in [0.5, 0.6) is 0 Å². The van der Waals surface area contributed by atoms with E-state index in [4.69, 9.17) is 11.6 Å². The number of carbonyl (C=O) groups excluding carboxylic acids is 1. The van der Waals surface area contributed by atoms with E-state index in [9.17, 15) is 9.18 Å². The summed E-state index contributed by atoms with van der Waals surface area (Å²) in [6, 6.07) is 17.0. The van der Waals surface area contributed by atoms with Gasteiger partial charge in [0.1, 0.15) is 11.6 Å². The Morgan fingerprint density at radius 3 is 2.46 bits per heavy atom. The van der Waals surface area contributed by atoms with E-state index in [1.807, 2.05) is 24.3 Å². The van der Waals surface area contributed by atoms with Crippen molar-refractivity contribution in [3.63, 3.8) is 0 Å². The SMILES string of the molecule is O=C(NCc1ccc(F)cc1)c1ccc(NCc2ccccc2Cl)nc1. The second kappa shape index (κ2) is 8.45. The van der Waals surface area contributed by atoms with Gasteiger partial charge in [0, 0.05) is 24.3 Å². The van der Waals surface area contributed by atoms with Crippen LogP contribution < -0.4 is 10.6 Å². The third kappa shape index (κ3) is 4.80. The summed E-state index contributed by atoms with van der Waals surface area (Å²) in [5.74, 6) is 0.114. The third-order valence-electron chi connectivity index (χ3n) is 3.81. The number of nitrogens with zero attached hydrogens (tertiary/aromatic N) is 1. The van der Waals surface area contributed by atoms with Gasteiger partial charge in [-0.15, -0.1) is 0 Å². The van der Waals surface area contributed by atoms with Crippen LogP contribution in [-0.2, 0) is 13.1 Å². The summed E-state index contributed by atoms with van der Waals surface area (Å²) in [5, 5.41) is 6.64. The molecular weight excluding hydrogens is 353 g/mol. The number of nitrogens with one attached hydrogen (secondary N) is 2. The summed E-state index contributed by atoms with van der Waals surface area (Å²) in [4.78, 5) is 16.4. The van der Waals surface area contributed by atoms with Crippen molar-refractivity contribution < 1.29 is 9.18 Å². The van der Waals surface area contributed by atoms with E-state index < -0.39 is 0 Å². The van der Waals surface area contributed by atoms with Crippen molar-refractivity contribution in [1.29, 1.82) is 0 Å². The Morgan fingerprint density at radius 1 is 1.00 bits per heavy atom. The maximum Gasteiger partial charge on any atom is 0.253 e. The molecule has 4 nitrogen and oxygen atoms in total. The highest BCUT2D eigenvalue weighted by Gasteiger charge is 2.06. The first-order valence-electron chi connectivity index (χ1n) is 8.08. The van der Waals surface area contributed by atoms with Crippen molar-refractivity contribution in [1.82, 2.24) is 10.3 Å². The van der Waals surface area contributed by atoms with Crippen LogP contribution in [0.3, 0.4) is 0 Å². The average Bonchev–Trinajstić information content (AvgIpc) is 2.67. The minimum Gasteiger partial charge on any atom is -0.366 e. The van der Waals surface area contributed by atoms with Crippen molar-refractivity contribution in [3.05, 3.63) is 94.4 Å². The van der Waals surface area contributed by atoms with Crippen molar-refractivity contribution in [2.75, 3.05) is 5.32 Å². The van der Waals surface area contributed by atoms with Gasteiger partial charge in [-0.3, -0.25) is 4.79 Å². The van der Waals surface area contributed by atoms with Gasteiger partial charge in [0.2, 0.25) is 0 Å². The zero-order valence-corrected chi connectivity index (χ0v) is 14.6. The van der Waals surface area contributed by atoms with Gasteiger partial charge in [-0.2, -0.15) is 0 Å². The van der Waals surface area contributed by atoms with E-state index in [0.717, 1.165) is 11.1 Å². The molecule has 132 valence electrons. The van der Waals surface area contributed by atoms with E-state index >= 15 is 0 Å². The molecule has 2 aromatic carbocycles. The third-order valence-corrected chi connectivity index (χ3v) is 4.18. The largest absolute Gasteiger partial charge is 0.366 e. The highest BCUT2D eigenvalue weighted by atomic mass is 35.5. The Kier molecular flexibility index (Phi) is 5.81. The van der Waals surface area contributed by atoms with Gasteiger partial charge in [0.05, 0.1) is 5.56 Å². The number of benzene rings is 2. The Labute approximate surface area is 156 Å². The number of hydrogen-bond acceptors (Lipinski definition) is 3. The van der Waals surface area contributed by atoms with E-state index in [-0.39, 0.29) is 11.7 Å². The van der Waals surface area contributed by atoms with Gasteiger partial charge >= 0.3 is 0 Å². The molecule has 0 bridgehead atoms. The molecule has 0 saturated heterocycles. The molecule has 0 saturated carbocycles. The van der Waals surface area contributed by atoms with E-state index in [2.05, 4.69) is 15.6 Å². The molecule has 0 aliphatic rings. The van der Waals surface area contributed by atoms with Crippen LogP contribution >= 0.6 is 11.6 Å². The number of amides is 1. The van der Waals surface area contributed by atoms with Crippen LogP contribution in [0.1, 0.15) is 21.5 Å². The molecule has 0 radical (unpaired) electrons. The molecule has 0 fully saturated rings. The zero-order chi connectivity index (χ0) is 18.4. The number of aromatic nitrogens is 1. The van der Waals surface area contributed by atoms with Gasteiger partial charge in [0.15, 0.2) is 0 Å². The molecule has 0 atom stereocenters. The molecule has 0 unspecified atom stereocenters. The number of anilines is 1. The van der Waals surface area contributed by atoms with Gasteiger partial charge in [0.25, 0.3) is 5.91 Å². The normalized spacial score (nSPS) is 10.4. The van der Waals surface area contributed by atoms with Crippen LogP contribution in [0.4, 0.5) is 10.2 Å². The molecule has 1 amide bonds. The first kappa shape index (κ1) is 17.9. The molecule has 1 aromatic heterocycles. The van der Waals surface area contributed by atoms with Crippen LogP contribution in [0.25, 0.3) is 0 Å². The van der Waals surface area contributed by atoms with E-state index in [1.165, 1.54) is 18.3 Å². The second-order valence-electron chi connectivity index (χ2n) is 5.69. The summed E-state index contributed by atoms with van der Waals surface area (Å²) in [6.07, 6.45) is 1.51. The van der Waals surface area contributed by atoms with Crippen molar-refractivity contribution in [2.45, 2.75) is 13.1 Å². The lowest BCUT2D eigenvalue weighted by atomic mass is 10.2. The smallest absolute Gasteiger partial charge is 0.253 e. The fourth-order valence-electron chi connectivity index (χ4n) is 2.35. The molecule has 2 N–H and O–H groups in total. The van der Waals surface area contributed by atoms with Crippen molar-refractivity contribution in [2.24, 2.45) is 0 Å². The highest BCUT2D eigenvalue weighted by Crippen LogP contribution is 2.16. The van der Waals surface area contributed by atoms with Gasteiger partial charge in [-0.05, 0) is 41.5 Å². The highest BCUT2D eigenvalue weighted by molar-refractivity contribution is 6.31. The number of pyridine rings is 1. The van der Waals surface area contributed by atoms with Gasteiger partial charge in [-0.1, -0.05) is 41.9 Å². The summed E-state index contributed by atoms with van der Waals surface area (Å²) in [7, 11) is 0. The van der Waals surface area contributed by atoms with Crippen LogP contribution in [0.2, 0.25) is 5.02 Å². The van der Waals surface area contributed by atoms with Crippen molar-refractivity contribution >= 4 is 23.3 Å². The fourth-order valence-corrected chi connectivity index (χ4v) is 2.55. The number of rotatable bonds is 6. The summed E-state index contributed by atoms with van der Waals surface area (Å²) >= 11 is 6.12. The Bertz CT molecular complexity index is 882. The minimum atomic E-state index is -0.302. The molecule has 0 aliphatic heterocycles. The molecule has 0 spiro atoms. The lowest BCUT2D eigenvalue weighted by Crippen LogP contribution is -2.22. The lowest BCUT2D eigenvalue weighted by Gasteiger charge is -2.08. The van der Waals surface area contributed by atoms with Crippen LogP contribution in [0.15, 0.2) is 66.9 Å². The molecule has 26 heavy (non-hydrogen) atoms. The maximum atomic E-state index is 12.9. The Morgan fingerprint density at radius 2 is 1.77 bits per heavy atom. The number of halogens is 2.